The normalized spacial score (nSPS) is 15.2. The van der Waals surface area contributed by atoms with Crippen molar-refractivity contribution in [3.63, 3.8) is 0 Å². The van der Waals surface area contributed by atoms with Crippen molar-refractivity contribution in [2.24, 2.45) is 5.73 Å². The molecule has 4 atom stereocenters. The minimum Gasteiger partial charge on any atom is -0.480 e. The van der Waals surface area contributed by atoms with Crippen LogP contribution < -0.4 is 5.73 Å². The molecule has 334 valence electrons. The maximum absolute atomic E-state index is 12.6. The molecule has 0 aliphatic heterocycles. The predicted octanol–water partition coefficient (Wildman–Crippen LogP) is 10.2. The van der Waals surface area contributed by atoms with Crippen molar-refractivity contribution in [3.05, 3.63) is 97.2 Å². The van der Waals surface area contributed by atoms with Crippen LogP contribution in [0.4, 0.5) is 0 Å². The first kappa shape index (κ1) is 55.4. The van der Waals surface area contributed by atoms with Gasteiger partial charge in [-0.2, -0.15) is 0 Å². The van der Waals surface area contributed by atoms with Crippen LogP contribution in [0, 0.1) is 0 Å². The maximum Gasteiger partial charge on any atom is 0.472 e. The topological polar surface area (TPSA) is 192 Å². The van der Waals surface area contributed by atoms with Gasteiger partial charge >= 0.3 is 25.7 Å². The van der Waals surface area contributed by atoms with E-state index in [0.29, 0.717) is 19.3 Å². The Bertz CT molecular complexity index is 1380. The third-order valence-electron chi connectivity index (χ3n) is 8.39. The Morgan fingerprint density at radius 2 is 1.10 bits per heavy atom. The predicted molar refractivity (Wildman–Crippen MR) is 236 cm³/mol. The molecule has 0 aliphatic carbocycles. The van der Waals surface area contributed by atoms with Crippen LogP contribution in [0.15, 0.2) is 97.2 Å². The number of phosphoric ester groups is 1. The molecule has 0 fully saturated rings. The zero-order valence-corrected chi connectivity index (χ0v) is 36.6. The van der Waals surface area contributed by atoms with Crippen LogP contribution in [0.3, 0.4) is 0 Å². The summed E-state index contributed by atoms with van der Waals surface area (Å²) < 4.78 is 32.6. The molecule has 0 saturated heterocycles. The Hall–Kier alpha value is -3.64. The number of unbranched alkanes of at least 4 members (excludes halogenated alkanes) is 6. The van der Waals surface area contributed by atoms with E-state index in [2.05, 4.69) is 91.3 Å². The number of esters is 2. The smallest absolute Gasteiger partial charge is 0.472 e. The van der Waals surface area contributed by atoms with Crippen LogP contribution in [0.5, 0.6) is 0 Å². The molecular formula is C46H74NO11P. The number of allylic oxidation sites excluding steroid dienone is 15. The highest BCUT2D eigenvalue weighted by atomic mass is 31.2. The van der Waals surface area contributed by atoms with E-state index in [1.807, 2.05) is 24.3 Å². The van der Waals surface area contributed by atoms with Crippen molar-refractivity contribution < 1.29 is 52.6 Å². The van der Waals surface area contributed by atoms with Gasteiger partial charge in [-0.15, -0.1) is 0 Å². The summed E-state index contributed by atoms with van der Waals surface area (Å²) in [7, 11) is -4.75. The second-order valence-corrected chi connectivity index (χ2v) is 15.4. The number of hydrogen-bond acceptors (Lipinski definition) is 10. The van der Waals surface area contributed by atoms with Gasteiger partial charge in [-0.05, 0) is 83.5 Å². The standard InChI is InChI=1S/C46H74NO11P/c1-3-5-7-8-9-10-11-12-13-14-15-16-20-23-26-29-32-36-44(49)55-38-42(39-56-59(53,54)57-40-43(47)46(51)52)58-45(50)37-33-30-27-24-21-18-17-19-22-25-28-31-35-41(48)34-6-4-2/h5,7,9-10,12-13,15-18,22,24-25,27,31,35,41-43,48H,3-4,6,8,11,14,19-21,23,26,28-30,32-34,36-40,47H2,1-2H3,(H,51,52)(H,53,54)/b7-5-,10-9-,13-12-,16-15-,18-17-,25-22-,27-24-,35-31-/t41-,42-,43+/m1/s1. The van der Waals surface area contributed by atoms with Gasteiger partial charge in [0.25, 0.3) is 0 Å². The summed E-state index contributed by atoms with van der Waals surface area (Å²) in [6, 6.07) is -1.55. The molecule has 0 saturated carbocycles. The van der Waals surface area contributed by atoms with Gasteiger partial charge in [0.05, 0.1) is 19.3 Å². The molecule has 1 unspecified atom stereocenters. The summed E-state index contributed by atoms with van der Waals surface area (Å²) in [5.74, 6) is -2.53. The van der Waals surface area contributed by atoms with E-state index in [1.54, 1.807) is 0 Å². The lowest BCUT2D eigenvalue weighted by Crippen LogP contribution is -2.34. The molecule has 0 rings (SSSR count). The average Bonchev–Trinajstić information content (AvgIpc) is 3.21. The van der Waals surface area contributed by atoms with E-state index in [1.165, 1.54) is 0 Å². The first-order chi connectivity index (χ1) is 28.5. The highest BCUT2D eigenvalue weighted by molar-refractivity contribution is 7.47. The fourth-order valence-corrected chi connectivity index (χ4v) is 5.78. The van der Waals surface area contributed by atoms with Gasteiger partial charge in [0.1, 0.15) is 12.6 Å². The zero-order valence-electron chi connectivity index (χ0n) is 35.7. The van der Waals surface area contributed by atoms with E-state index >= 15 is 0 Å². The molecule has 0 heterocycles. The number of ether oxygens (including phenoxy) is 2. The fraction of sp³-hybridized carbons (Fsp3) is 0.587. The maximum atomic E-state index is 12.6. The van der Waals surface area contributed by atoms with Gasteiger partial charge < -0.3 is 30.3 Å². The number of rotatable bonds is 38. The zero-order chi connectivity index (χ0) is 43.7. The van der Waals surface area contributed by atoms with E-state index in [4.69, 9.17) is 24.8 Å². The van der Waals surface area contributed by atoms with E-state index < -0.39 is 57.7 Å². The summed E-state index contributed by atoms with van der Waals surface area (Å²) >= 11 is 0. The van der Waals surface area contributed by atoms with Crippen molar-refractivity contribution in [2.75, 3.05) is 19.8 Å². The quantitative estimate of drug-likeness (QED) is 0.0199. The molecule has 5 N–H and O–H groups in total. The molecule has 13 heteroatoms. The van der Waals surface area contributed by atoms with E-state index in [0.717, 1.165) is 89.9 Å². The second-order valence-electron chi connectivity index (χ2n) is 13.9. The van der Waals surface area contributed by atoms with E-state index in [9.17, 15) is 28.9 Å². The average molecular weight is 848 g/mol. The lowest BCUT2D eigenvalue weighted by atomic mass is 10.1. The Balaban J connectivity index is 4.57. The van der Waals surface area contributed by atoms with Crippen molar-refractivity contribution in [1.29, 1.82) is 0 Å². The number of carbonyl (C=O) groups excluding carboxylic acids is 2. The van der Waals surface area contributed by atoms with E-state index in [-0.39, 0.29) is 18.9 Å². The molecule has 12 nitrogen and oxygen atoms in total. The molecule has 0 amide bonds. The number of phosphoric acid groups is 1. The Kier molecular flexibility index (Phi) is 37.3. The Labute approximate surface area is 354 Å². The Morgan fingerprint density at radius 3 is 1.66 bits per heavy atom. The van der Waals surface area contributed by atoms with Crippen LogP contribution >= 0.6 is 7.82 Å². The lowest BCUT2D eigenvalue weighted by Gasteiger charge is -2.20. The van der Waals surface area contributed by atoms with Crippen molar-refractivity contribution >= 4 is 25.7 Å². The van der Waals surface area contributed by atoms with Crippen LogP contribution in [-0.4, -0.2) is 71.1 Å². The number of carboxylic acids is 1. The number of carboxylic acid groups (broad SMARTS) is 1. The lowest BCUT2D eigenvalue weighted by molar-refractivity contribution is -0.161. The highest BCUT2D eigenvalue weighted by Crippen LogP contribution is 2.43. The molecular weight excluding hydrogens is 773 g/mol. The summed E-state index contributed by atoms with van der Waals surface area (Å²) in [6.45, 7) is 2.42. The van der Waals surface area contributed by atoms with Gasteiger partial charge in [-0.1, -0.05) is 137 Å². The third kappa shape index (κ3) is 39.6. The molecule has 0 radical (unpaired) electrons. The molecule has 0 aliphatic rings. The van der Waals surface area contributed by atoms with Crippen LogP contribution in [0.25, 0.3) is 0 Å². The summed E-state index contributed by atoms with van der Waals surface area (Å²) in [4.78, 5) is 45.9. The first-order valence-corrected chi connectivity index (χ1v) is 22.8. The largest absolute Gasteiger partial charge is 0.480 e. The monoisotopic (exact) mass is 847 g/mol. The molecule has 0 aromatic carbocycles. The molecule has 59 heavy (non-hydrogen) atoms. The number of carbonyl (C=O) groups is 3. The number of aliphatic hydroxyl groups excluding tert-OH is 1. The van der Waals surface area contributed by atoms with Crippen molar-refractivity contribution in [2.45, 2.75) is 154 Å². The van der Waals surface area contributed by atoms with Crippen LogP contribution in [0.1, 0.15) is 136 Å². The summed E-state index contributed by atoms with van der Waals surface area (Å²) in [5, 5.41) is 18.7. The highest BCUT2D eigenvalue weighted by Gasteiger charge is 2.28. The number of nitrogens with two attached hydrogens (primary N) is 1. The minimum atomic E-state index is -4.75. The number of hydrogen-bond donors (Lipinski definition) is 4. The Morgan fingerprint density at radius 1 is 0.610 bits per heavy atom. The third-order valence-corrected chi connectivity index (χ3v) is 9.34. The summed E-state index contributed by atoms with van der Waals surface area (Å²) in [5.41, 5.74) is 5.32. The molecule has 0 spiro atoms. The van der Waals surface area contributed by atoms with Crippen LogP contribution in [0.2, 0.25) is 0 Å². The first-order valence-electron chi connectivity index (χ1n) is 21.4. The number of aliphatic hydroxyl groups is 1. The van der Waals surface area contributed by atoms with Gasteiger partial charge in [0.15, 0.2) is 6.10 Å². The van der Waals surface area contributed by atoms with Gasteiger partial charge in [0.2, 0.25) is 0 Å². The summed E-state index contributed by atoms with van der Waals surface area (Å²) in [6.07, 6.45) is 46.7. The van der Waals surface area contributed by atoms with Gasteiger partial charge in [0, 0.05) is 12.8 Å². The van der Waals surface area contributed by atoms with Gasteiger partial charge in [-0.3, -0.25) is 23.4 Å². The fourth-order valence-electron chi connectivity index (χ4n) is 5.01. The molecule has 0 aromatic rings. The SMILES string of the molecule is CC/C=C\C/C=C\C/C=C\C/C=C\CCCCCCC(=O)OC[C@H](COP(=O)(O)OC[C@H](N)C(=O)O)OC(=O)CCC/C=C\C/C=C\C/C=C\C/C=C\[C@H](O)CCCC. The molecule has 0 aromatic heterocycles. The van der Waals surface area contributed by atoms with Gasteiger partial charge in [-0.25, -0.2) is 4.57 Å². The molecule has 0 bridgehead atoms. The van der Waals surface area contributed by atoms with Crippen molar-refractivity contribution in [3.8, 4) is 0 Å². The number of aliphatic carboxylic acids is 1. The minimum absolute atomic E-state index is 0.0567. The van der Waals surface area contributed by atoms with Crippen molar-refractivity contribution in [1.82, 2.24) is 0 Å². The second kappa shape index (κ2) is 39.8. The van der Waals surface area contributed by atoms with Crippen LogP contribution in [-0.2, 0) is 37.5 Å².